The predicted molar refractivity (Wildman–Crippen MR) is 106 cm³/mol. The third-order valence-corrected chi connectivity index (χ3v) is 6.57. The molecule has 5 nitrogen and oxygen atoms in total. The maximum Gasteiger partial charge on any atom is 0.261 e. The second kappa shape index (κ2) is 7.54. The van der Waals surface area contributed by atoms with E-state index in [0.29, 0.717) is 12.1 Å². The molecule has 140 valence electrons. The minimum absolute atomic E-state index is 0.00409. The fourth-order valence-electron chi connectivity index (χ4n) is 2.66. The molecule has 0 amide bonds. The van der Waals surface area contributed by atoms with Crippen molar-refractivity contribution in [2.45, 2.75) is 16.2 Å². The Hall–Kier alpha value is -2.64. The molecule has 1 N–H and O–H groups in total. The van der Waals surface area contributed by atoms with Gasteiger partial charge in [0.25, 0.3) is 10.0 Å². The minimum Gasteiger partial charge on any atom is -0.279 e. The molecule has 0 radical (unpaired) electrons. The summed E-state index contributed by atoms with van der Waals surface area (Å²) in [5, 5.41) is 0. The van der Waals surface area contributed by atoms with Crippen LogP contribution >= 0.6 is 0 Å². The molecule has 0 atom stereocenters. The van der Waals surface area contributed by atoms with Crippen LogP contribution in [-0.4, -0.2) is 23.1 Å². The number of hydrogen-bond acceptors (Lipinski definition) is 4. The van der Waals surface area contributed by atoms with Crippen LogP contribution in [0.5, 0.6) is 0 Å². The van der Waals surface area contributed by atoms with Gasteiger partial charge in [-0.05, 0) is 47.9 Å². The number of anilines is 1. The van der Waals surface area contributed by atoms with Crippen molar-refractivity contribution in [2.75, 3.05) is 11.0 Å². The van der Waals surface area contributed by atoms with Gasteiger partial charge in [0.2, 0.25) is 0 Å². The van der Waals surface area contributed by atoms with Gasteiger partial charge >= 0.3 is 0 Å². The van der Waals surface area contributed by atoms with Crippen molar-refractivity contribution in [3.8, 4) is 0 Å². The lowest BCUT2D eigenvalue weighted by Gasteiger charge is -2.13. The lowest BCUT2D eigenvalue weighted by molar-refractivity contribution is 0.597. The molecular formula is C20H19NO4S2. The highest BCUT2D eigenvalue weighted by Crippen LogP contribution is 2.23. The van der Waals surface area contributed by atoms with Gasteiger partial charge in [0.05, 0.1) is 15.5 Å². The van der Waals surface area contributed by atoms with Gasteiger partial charge in [-0.15, -0.1) is 0 Å². The Morgan fingerprint density at radius 2 is 1.26 bits per heavy atom. The molecule has 0 bridgehead atoms. The molecule has 3 rings (SSSR count). The van der Waals surface area contributed by atoms with Crippen LogP contribution in [0.25, 0.3) is 0 Å². The summed E-state index contributed by atoms with van der Waals surface area (Å²) in [6.45, 7) is 0. The Balaban J connectivity index is 1.88. The standard InChI is InChI=1S/C20H19NO4S2/c1-26(22,23)18-11-13-19(14-12-18)27(24,25)21-20-10-6-5-9-17(20)15-16-7-3-2-4-8-16/h2-14,21H,15H2,1H3. The summed E-state index contributed by atoms with van der Waals surface area (Å²) < 4.78 is 51.1. The molecule has 0 aliphatic rings. The average Bonchev–Trinajstić information content (AvgIpc) is 2.63. The number of nitrogens with one attached hydrogen (secondary N) is 1. The lowest BCUT2D eigenvalue weighted by atomic mass is 10.0. The minimum atomic E-state index is -3.84. The van der Waals surface area contributed by atoms with Crippen LogP contribution in [-0.2, 0) is 26.3 Å². The third-order valence-electron chi connectivity index (χ3n) is 4.06. The van der Waals surface area contributed by atoms with E-state index in [1.54, 1.807) is 12.1 Å². The maximum atomic E-state index is 12.7. The molecule has 3 aromatic carbocycles. The zero-order valence-electron chi connectivity index (χ0n) is 14.7. The van der Waals surface area contributed by atoms with E-state index in [1.807, 2.05) is 42.5 Å². The molecule has 0 fully saturated rings. The summed E-state index contributed by atoms with van der Waals surface area (Å²) in [5.74, 6) is 0. The van der Waals surface area contributed by atoms with E-state index in [1.165, 1.54) is 24.3 Å². The molecular weight excluding hydrogens is 382 g/mol. The van der Waals surface area contributed by atoms with Crippen LogP contribution in [0, 0.1) is 0 Å². The maximum absolute atomic E-state index is 12.7. The zero-order chi connectivity index (χ0) is 19.5. The smallest absolute Gasteiger partial charge is 0.261 e. The highest BCUT2D eigenvalue weighted by atomic mass is 32.2. The fraction of sp³-hybridized carbons (Fsp3) is 0.100. The van der Waals surface area contributed by atoms with Crippen molar-refractivity contribution in [1.82, 2.24) is 0 Å². The van der Waals surface area contributed by atoms with Gasteiger partial charge in [0.1, 0.15) is 0 Å². The number of sulfonamides is 1. The molecule has 27 heavy (non-hydrogen) atoms. The fourth-order valence-corrected chi connectivity index (χ4v) is 4.39. The van der Waals surface area contributed by atoms with E-state index in [2.05, 4.69) is 4.72 Å². The van der Waals surface area contributed by atoms with Gasteiger partial charge in [0.15, 0.2) is 9.84 Å². The van der Waals surface area contributed by atoms with Gasteiger partial charge in [0, 0.05) is 6.26 Å². The van der Waals surface area contributed by atoms with Crippen LogP contribution in [0.15, 0.2) is 88.7 Å². The number of para-hydroxylation sites is 1. The van der Waals surface area contributed by atoms with E-state index in [0.717, 1.165) is 17.4 Å². The highest BCUT2D eigenvalue weighted by molar-refractivity contribution is 7.92. The SMILES string of the molecule is CS(=O)(=O)c1ccc(S(=O)(=O)Nc2ccccc2Cc2ccccc2)cc1. The van der Waals surface area contributed by atoms with Gasteiger partial charge < -0.3 is 0 Å². The molecule has 0 heterocycles. The first-order valence-corrected chi connectivity index (χ1v) is 11.6. The summed E-state index contributed by atoms with van der Waals surface area (Å²) in [6.07, 6.45) is 1.67. The van der Waals surface area contributed by atoms with Crippen LogP contribution in [0.1, 0.15) is 11.1 Å². The Kier molecular flexibility index (Phi) is 5.34. The van der Waals surface area contributed by atoms with Crippen LogP contribution in [0.4, 0.5) is 5.69 Å². The summed E-state index contributed by atoms with van der Waals surface area (Å²) >= 11 is 0. The number of sulfone groups is 1. The van der Waals surface area contributed by atoms with Crippen molar-refractivity contribution in [1.29, 1.82) is 0 Å². The Bertz CT molecular complexity index is 1140. The van der Waals surface area contributed by atoms with Crippen molar-refractivity contribution < 1.29 is 16.8 Å². The van der Waals surface area contributed by atoms with Gasteiger partial charge in [-0.1, -0.05) is 48.5 Å². The number of hydrogen-bond donors (Lipinski definition) is 1. The molecule has 0 aromatic heterocycles. The van der Waals surface area contributed by atoms with Crippen LogP contribution in [0.3, 0.4) is 0 Å². The van der Waals surface area contributed by atoms with Crippen molar-refractivity contribution in [2.24, 2.45) is 0 Å². The number of benzene rings is 3. The Morgan fingerprint density at radius 1 is 0.704 bits per heavy atom. The summed E-state index contributed by atoms with van der Waals surface area (Å²) in [5.41, 5.74) is 2.41. The largest absolute Gasteiger partial charge is 0.279 e. The molecule has 0 unspecified atom stereocenters. The molecule has 7 heteroatoms. The summed E-state index contributed by atoms with van der Waals surface area (Å²) in [4.78, 5) is 0.0790. The van der Waals surface area contributed by atoms with Gasteiger partial charge in [-0.2, -0.15) is 0 Å². The molecule has 3 aromatic rings. The second-order valence-electron chi connectivity index (χ2n) is 6.17. The van der Waals surface area contributed by atoms with Crippen molar-refractivity contribution in [3.63, 3.8) is 0 Å². The zero-order valence-corrected chi connectivity index (χ0v) is 16.3. The normalized spacial score (nSPS) is 11.9. The first kappa shape index (κ1) is 19.1. The number of rotatable bonds is 6. The highest BCUT2D eigenvalue weighted by Gasteiger charge is 2.17. The monoisotopic (exact) mass is 401 g/mol. The van der Waals surface area contributed by atoms with E-state index < -0.39 is 19.9 Å². The van der Waals surface area contributed by atoms with Crippen LogP contribution < -0.4 is 4.72 Å². The molecule has 0 saturated carbocycles. The van der Waals surface area contributed by atoms with E-state index in [-0.39, 0.29) is 9.79 Å². The van der Waals surface area contributed by atoms with E-state index in [9.17, 15) is 16.8 Å². The van der Waals surface area contributed by atoms with E-state index >= 15 is 0 Å². The first-order chi connectivity index (χ1) is 12.8. The Morgan fingerprint density at radius 3 is 1.89 bits per heavy atom. The second-order valence-corrected chi connectivity index (χ2v) is 9.87. The summed E-state index contributed by atoms with van der Waals surface area (Å²) in [7, 11) is -7.22. The predicted octanol–water partition coefficient (Wildman–Crippen LogP) is 3.48. The van der Waals surface area contributed by atoms with Gasteiger partial charge in [-0.3, -0.25) is 4.72 Å². The molecule has 0 aliphatic heterocycles. The molecule has 0 spiro atoms. The third kappa shape index (κ3) is 4.75. The Labute approximate surface area is 159 Å². The van der Waals surface area contributed by atoms with E-state index in [4.69, 9.17) is 0 Å². The van der Waals surface area contributed by atoms with Crippen molar-refractivity contribution in [3.05, 3.63) is 90.0 Å². The van der Waals surface area contributed by atoms with Crippen molar-refractivity contribution >= 4 is 25.5 Å². The topological polar surface area (TPSA) is 80.3 Å². The average molecular weight is 402 g/mol. The molecule has 0 saturated heterocycles. The molecule has 0 aliphatic carbocycles. The quantitative estimate of drug-likeness (QED) is 0.686. The van der Waals surface area contributed by atoms with Crippen LogP contribution in [0.2, 0.25) is 0 Å². The van der Waals surface area contributed by atoms with Gasteiger partial charge in [-0.25, -0.2) is 16.8 Å². The summed E-state index contributed by atoms with van der Waals surface area (Å²) in [6, 6.07) is 22.1. The first-order valence-electron chi connectivity index (χ1n) is 8.20. The lowest BCUT2D eigenvalue weighted by Crippen LogP contribution is -2.14.